The minimum Gasteiger partial charge on any atom is -0.361 e. The number of hydrogen-bond donors (Lipinski definition) is 2. The predicted octanol–water partition coefficient (Wildman–Crippen LogP) is 3.75. The maximum Gasteiger partial charge on any atom is 0.0731 e. The van der Waals surface area contributed by atoms with E-state index in [1.54, 1.807) is 0 Å². The summed E-state index contributed by atoms with van der Waals surface area (Å²) in [5.41, 5.74) is 5.97. The Morgan fingerprint density at radius 1 is 0.727 bits per heavy atom. The Hall–Kier alpha value is -3.14. The predicted molar refractivity (Wildman–Crippen MR) is 90.7 cm³/mol. The molecule has 0 bridgehead atoms. The molecule has 0 saturated heterocycles. The van der Waals surface area contributed by atoms with Crippen LogP contribution < -0.4 is 0 Å². The molecule has 0 aromatic carbocycles. The van der Waals surface area contributed by atoms with Crippen molar-refractivity contribution in [1.82, 2.24) is 9.97 Å². The van der Waals surface area contributed by atoms with Crippen molar-refractivity contribution in [2.75, 3.05) is 0 Å². The normalized spacial score (nSPS) is 20.2. The number of aromatic nitrogens is 2. The van der Waals surface area contributed by atoms with E-state index in [1.807, 2.05) is 61.3 Å². The zero-order chi connectivity index (χ0) is 14.8. The molecule has 2 aromatic rings. The third-order valence-corrected chi connectivity index (χ3v) is 3.60. The summed E-state index contributed by atoms with van der Waals surface area (Å²) in [6, 6.07) is 8.08. The Morgan fingerprint density at radius 3 is 1.55 bits per heavy atom. The minimum absolute atomic E-state index is 0.926. The molecule has 106 valence electrons. The number of nitrogens with zero attached hydrogens (tertiary/aromatic N) is 2. The molecule has 0 spiro atoms. The van der Waals surface area contributed by atoms with Crippen molar-refractivity contribution in [3.05, 3.63) is 83.7 Å². The monoisotopic (exact) mass is 286 g/mol. The SMILES string of the molecule is C1=C/C(=C(\C(=C2\C=CC=N2)c2ccc[nH]2)c2ccc[nH]2)N=C1. The first kappa shape index (κ1) is 12.6. The fourth-order valence-corrected chi connectivity index (χ4v) is 2.67. The van der Waals surface area contributed by atoms with Gasteiger partial charge in [-0.2, -0.15) is 0 Å². The third kappa shape index (κ3) is 2.11. The van der Waals surface area contributed by atoms with Gasteiger partial charge >= 0.3 is 0 Å². The Kier molecular flexibility index (Phi) is 3.05. The molecule has 0 atom stereocenters. The van der Waals surface area contributed by atoms with E-state index in [2.05, 4.69) is 32.1 Å². The molecule has 2 aliphatic heterocycles. The van der Waals surface area contributed by atoms with Crippen LogP contribution in [0.3, 0.4) is 0 Å². The molecule has 2 N–H and O–H groups in total. The lowest BCUT2D eigenvalue weighted by Crippen LogP contribution is -1.97. The highest BCUT2D eigenvalue weighted by atomic mass is 14.8. The van der Waals surface area contributed by atoms with Gasteiger partial charge in [0.05, 0.1) is 11.4 Å². The number of allylic oxidation sites excluding steroid dienone is 6. The van der Waals surface area contributed by atoms with Crippen LogP contribution in [0.15, 0.2) is 82.3 Å². The third-order valence-electron chi connectivity index (χ3n) is 3.60. The number of H-pyrrole nitrogens is 2. The zero-order valence-corrected chi connectivity index (χ0v) is 11.8. The van der Waals surface area contributed by atoms with Crippen LogP contribution in [0, 0.1) is 0 Å². The molecule has 0 fully saturated rings. The summed E-state index contributed by atoms with van der Waals surface area (Å²) in [5, 5.41) is 0. The fraction of sp³-hybridized carbons (Fsp3) is 0. The number of aromatic amines is 2. The molecule has 0 unspecified atom stereocenters. The van der Waals surface area contributed by atoms with Crippen LogP contribution in [-0.2, 0) is 0 Å². The molecular weight excluding hydrogens is 272 g/mol. The number of rotatable bonds is 3. The maximum absolute atomic E-state index is 4.49. The summed E-state index contributed by atoms with van der Waals surface area (Å²) in [6.45, 7) is 0. The molecule has 22 heavy (non-hydrogen) atoms. The van der Waals surface area contributed by atoms with Crippen LogP contribution in [0.2, 0.25) is 0 Å². The average molecular weight is 286 g/mol. The Bertz CT molecular complexity index is 752. The second-order valence-corrected chi connectivity index (χ2v) is 4.96. The molecule has 2 aromatic heterocycles. The minimum atomic E-state index is 0.926. The van der Waals surface area contributed by atoms with Gasteiger partial charge in [0.2, 0.25) is 0 Å². The summed E-state index contributed by atoms with van der Waals surface area (Å²) < 4.78 is 0. The summed E-state index contributed by atoms with van der Waals surface area (Å²) in [5.74, 6) is 0. The first-order chi connectivity index (χ1) is 10.9. The van der Waals surface area contributed by atoms with Crippen molar-refractivity contribution >= 4 is 23.6 Å². The van der Waals surface area contributed by atoms with Crippen molar-refractivity contribution < 1.29 is 0 Å². The van der Waals surface area contributed by atoms with Gasteiger partial charge in [0.1, 0.15) is 0 Å². The van der Waals surface area contributed by atoms with Gasteiger partial charge in [-0.3, -0.25) is 9.98 Å². The lowest BCUT2D eigenvalue weighted by atomic mass is 9.95. The maximum atomic E-state index is 4.49. The quantitative estimate of drug-likeness (QED) is 0.863. The lowest BCUT2D eigenvalue weighted by molar-refractivity contribution is 1.29. The van der Waals surface area contributed by atoms with Crippen LogP contribution in [0.1, 0.15) is 11.4 Å². The second kappa shape index (κ2) is 5.33. The van der Waals surface area contributed by atoms with E-state index in [4.69, 9.17) is 0 Å². The van der Waals surface area contributed by atoms with Crippen molar-refractivity contribution in [3.63, 3.8) is 0 Å². The van der Waals surface area contributed by atoms with Gasteiger partial charge in [-0.1, -0.05) is 0 Å². The van der Waals surface area contributed by atoms with Crippen molar-refractivity contribution in [2.45, 2.75) is 0 Å². The van der Waals surface area contributed by atoms with Gasteiger partial charge in [-0.15, -0.1) is 0 Å². The van der Waals surface area contributed by atoms with E-state index >= 15 is 0 Å². The van der Waals surface area contributed by atoms with Crippen LogP contribution in [-0.4, -0.2) is 22.4 Å². The van der Waals surface area contributed by atoms with Crippen LogP contribution in [0.4, 0.5) is 0 Å². The molecule has 0 saturated carbocycles. The molecule has 0 aliphatic carbocycles. The van der Waals surface area contributed by atoms with E-state index in [9.17, 15) is 0 Å². The van der Waals surface area contributed by atoms with Gasteiger partial charge < -0.3 is 9.97 Å². The van der Waals surface area contributed by atoms with Crippen LogP contribution >= 0.6 is 0 Å². The van der Waals surface area contributed by atoms with Gasteiger partial charge in [-0.05, 0) is 48.6 Å². The summed E-state index contributed by atoms with van der Waals surface area (Å²) in [4.78, 5) is 15.6. The van der Waals surface area contributed by atoms with E-state index in [0.717, 1.165) is 33.9 Å². The van der Waals surface area contributed by atoms with E-state index in [0.29, 0.717) is 0 Å². The summed E-state index contributed by atoms with van der Waals surface area (Å²) >= 11 is 0. The standard InChI is InChI=1S/C18H14N4/c1-5-13(19-9-1)17(14-6-2-10-20-14)18(15-7-3-11-21-15)16-8-4-12-22-16/h1-12,19,21H/b17-14-,18-16+. The van der Waals surface area contributed by atoms with Gasteiger partial charge in [0.15, 0.2) is 0 Å². The molecule has 4 rings (SSSR count). The van der Waals surface area contributed by atoms with Gasteiger partial charge in [0, 0.05) is 47.4 Å². The molecule has 0 amide bonds. The van der Waals surface area contributed by atoms with E-state index in [-0.39, 0.29) is 0 Å². The number of hydrogen-bond acceptors (Lipinski definition) is 2. The Morgan fingerprint density at radius 2 is 1.23 bits per heavy atom. The second-order valence-electron chi connectivity index (χ2n) is 4.96. The lowest BCUT2D eigenvalue weighted by Gasteiger charge is -2.13. The number of nitrogens with one attached hydrogen (secondary N) is 2. The first-order valence-corrected chi connectivity index (χ1v) is 7.11. The fourth-order valence-electron chi connectivity index (χ4n) is 2.67. The molecule has 4 heterocycles. The molecule has 4 heteroatoms. The highest BCUT2D eigenvalue weighted by Crippen LogP contribution is 2.37. The molecule has 4 nitrogen and oxygen atoms in total. The van der Waals surface area contributed by atoms with E-state index in [1.165, 1.54) is 0 Å². The summed E-state index contributed by atoms with van der Waals surface area (Å²) in [7, 11) is 0. The zero-order valence-electron chi connectivity index (χ0n) is 11.8. The smallest absolute Gasteiger partial charge is 0.0731 e. The van der Waals surface area contributed by atoms with Crippen molar-refractivity contribution in [1.29, 1.82) is 0 Å². The number of aliphatic imine (C=N–C) groups is 2. The summed E-state index contributed by atoms with van der Waals surface area (Å²) in [6.07, 6.45) is 15.4. The topological polar surface area (TPSA) is 56.3 Å². The van der Waals surface area contributed by atoms with Crippen LogP contribution in [0.25, 0.3) is 11.1 Å². The Balaban J connectivity index is 2.02. The van der Waals surface area contributed by atoms with Gasteiger partial charge in [-0.25, -0.2) is 0 Å². The van der Waals surface area contributed by atoms with Gasteiger partial charge in [0.25, 0.3) is 0 Å². The first-order valence-electron chi connectivity index (χ1n) is 7.11. The van der Waals surface area contributed by atoms with Crippen molar-refractivity contribution in [2.24, 2.45) is 9.98 Å². The highest BCUT2D eigenvalue weighted by Gasteiger charge is 2.20. The molecule has 0 radical (unpaired) electrons. The molecular formula is C18H14N4. The molecule has 2 aliphatic rings. The Labute approximate surface area is 128 Å². The van der Waals surface area contributed by atoms with E-state index < -0.39 is 0 Å². The average Bonchev–Trinajstić information content (AvgIpc) is 3.35. The highest BCUT2D eigenvalue weighted by molar-refractivity contribution is 6.09. The van der Waals surface area contributed by atoms with Crippen LogP contribution in [0.5, 0.6) is 0 Å². The van der Waals surface area contributed by atoms with Crippen molar-refractivity contribution in [3.8, 4) is 0 Å². The largest absolute Gasteiger partial charge is 0.361 e.